The Morgan fingerprint density at radius 2 is 2.27 bits per heavy atom. The second-order valence-corrected chi connectivity index (χ2v) is 3.54. The lowest BCUT2D eigenvalue weighted by molar-refractivity contribution is 0.889. The Kier molecular flexibility index (Phi) is 3.94. The van der Waals surface area contributed by atoms with Crippen molar-refractivity contribution in [3.8, 4) is 0 Å². The van der Waals surface area contributed by atoms with Crippen LogP contribution in [0, 0.1) is 0 Å². The van der Waals surface area contributed by atoms with Gasteiger partial charge < -0.3 is 0 Å². The van der Waals surface area contributed by atoms with E-state index in [0.717, 1.165) is 28.9 Å². The lowest BCUT2D eigenvalue weighted by atomic mass is 10.2. The summed E-state index contributed by atoms with van der Waals surface area (Å²) in [6.07, 6.45) is 2.11. The van der Waals surface area contributed by atoms with Gasteiger partial charge in [-0.1, -0.05) is 6.07 Å². The van der Waals surface area contributed by atoms with Crippen LogP contribution < -0.4 is 0 Å². The van der Waals surface area contributed by atoms with Crippen LogP contribution in [0.1, 0.15) is 12.1 Å². The maximum atomic E-state index is 4.29. The number of hydrogen-bond acceptors (Lipinski definition) is 2. The smallest absolute Gasteiger partial charge is 0.106 e. The molecule has 0 aromatic carbocycles. The quantitative estimate of drug-likeness (QED) is 0.624. The molecule has 0 aliphatic heterocycles. The minimum Gasteiger partial charge on any atom is -0.246 e. The zero-order chi connectivity index (χ0) is 8.10. The topological polar surface area (TPSA) is 12.9 Å². The predicted molar refractivity (Wildman–Crippen MR) is 54.1 cm³/mol. The third-order valence-electron chi connectivity index (χ3n) is 1.36. The van der Waals surface area contributed by atoms with E-state index < -0.39 is 0 Å². The van der Waals surface area contributed by atoms with E-state index in [4.69, 9.17) is 0 Å². The first-order valence-electron chi connectivity index (χ1n) is 3.55. The molecular weight excluding hydrogens is 222 g/mol. The van der Waals surface area contributed by atoms with E-state index in [2.05, 4.69) is 33.5 Å². The molecule has 0 aliphatic carbocycles. The highest BCUT2D eigenvalue weighted by Gasteiger charge is 1.93. The van der Waals surface area contributed by atoms with Gasteiger partial charge >= 0.3 is 0 Å². The molecule has 0 saturated heterocycles. The highest BCUT2D eigenvalue weighted by Crippen LogP contribution is 2.07. The van der Waals surface area contributed by atoms with E-state index in [1.165, 1.54) is 0 Å². The van der Waals surface area contributed by atoms with E-state index in [1.807, 2.05) is 18.2 Å². The van der Waals surface area contributed by atoms with Crippen molar-refractivity contribution in [2.75, 3.05) is 5.75 Å². The number of rotatable bonds is 3. The summed E-state index contributed by atoms with van der Waals surface area (Å²) in [6, 6.07) is 5.98. The fourth-order valence-electron chi connectivity index (χ4n) is 0.850. The number of pyridine rings is 1. The standard InChI is InChI=1S/C8H10BrNS/c9-8-5-1-3-7(10-8)4-2-6-11/h1,3,5,11H,2,4,6H2. The monoisotopic (exact) mass is 231 g/mol. The van der Waals surface area contributed by atoms with Crippen molar-refractivity contribution >= 4 is 28.6 Å². The largest absolute Gasteiger partial charge is 0.246 e. The summed E-state index contributed by atoms with van der Waals surface area (Å²) in [7, 11) is 0. The normalized spacial score (nSPS) is 10.0. The summed E-state index contributed by atoms with van der Waals surface area (Å²) < 4.78 is 0.911. The first-order chi connectivity index (χ1) is 5.33. The third kappa shape index (κ3) is 3.25. The zero-order valence-corrected chi connectivity index (χ0v) is 8.61. The fraction of sp³-hybridized carbons (Fsp3) is 0.375. The van der Waals surface area contributed by atoms with Gasteiger partial charge in [0, 0.05) is 5.69 Å². The molecule has 1 nitrogen and oxygen atoms in total. The van der Waals surface area contributed by atoms with Gasteiger partial charge in [-0.25, -0.2) is 4.98 Å². The second-order valence-electron chi connectivity index (χ2n) is 2.28. The van der Waals surface area contributed by atoms with Crippen LogP contribution in [-0.2, 0) is 6.42 Å². The van der Waals surface area contributed by atoms with Crippen molar-refractivity contribution < 1.29 is 0 Å². The van der Waals surface area contributed by atoms with Crippen molar-refractivity contribution in [3.63, 3.8) is 0 Å². The Bertz CT molecular complexity index is 227. The molecule has 1 heterocycles. The molecule has 0 radical (unpaired) electrons. The van der Waals surface area contributed by atoms with Gasteiger partial charge in [-0.3, -0.25) is 0 Å². The summed E-state index contributed by atoms with van der Waals surface area (Å²) in [5.41, 5.74) is 1.13. The van der Waals surface area contributed by atoms with Crippen molar-refractivity contribution in [1.29, 1.82) is 0 Å². The summed E-state index contributed by atoms with van der Waals surface area (Å²) in [5, 5.41) is 0. The van der Waals surface area contributed by atoms with Crippen LogP contribution >= 0.6 is 28.6 Å². The van der Waals surface area contributed by atoms with E-state index in [-0.39, 0.29) is 0 Å². The van der Waals surface area contributed by atoms with Crippen molar-refractivity contribution in [1.82, 2.24) is 4.98 Å². The minimum atomic E-state index is 0.911. The van der Waals surface area contributed by atoms with Crippen molar-refractivity contribution in [2.24, 2.45) is 0 Å². The number of aryl methyl sites for hydroxylation is 1. The SMILES string of the molecule is SCCCc1cccc(Br)n1. The summed E-state index contributed by atoms with van der Waals surface area (Å²) in [6.45, 7) is 0. The molecule has 1 aromatic heterocycles. The van der Waals surface area contributed by atoms with E-state index in [9.17, 15) is 0 Å². The maximum Gasteiger partial charge on any atom is 0.106 e. The van der Waals surface area contributed by atoms with Crippen LogP contribution in [0.3, 0.4) is 0 Å². The van der Waals surface area contributed by atoms with Gasteiger partial charge in [0.2, 0.25) is 0 Å². The fourth-order valence-corrected chi connectivity index (χ4v) is 1.39. The number of halogens is 1. The van der Waals surface area contributed by atoms with E-state index >= 15 is 0 Å². The van der Waals surface area contributed by atoms with Gasteiger partial charge in [-0.05, 0) is 46.7 Å². The first kappa shape index (κ1) is 9.07. The molecule has 60 valence electrons. The Hall–Kier alpha value is -0.0200. The Morgan fingerprint density at radius 3 is 2.91 bits per heavy atom. The molecule has 0 fully saturated rings. The minimum absolute atomic E-state index is 0.911. The van der Waals surface area contributed by atoms with Crippen LogP contribution in [0.5, 0.6) is 0 Å². The zero-order valence-electron chi connectivity index (χ0n) is 6.13. The highest BCUT2D eigenvalue weighted by atomic mass is 79.9. The summed E-state index contributed by atoms with van der Waals surface area (Å²) >= 11 is 7.46. The molecule has 1 rings (SSSR count). The van der Waals surface area contributed by atoms with Crippen molar-refractivity contribution in [3.05, 3.63) is 28.5 Å². The van der Waals surface area contributed by atoms with Gasteiger partial charge in [0.15, 0.2) is 0 Å². The molecular formula is C8H10BrNS. The molecule has 0 amide bonds. The van der Waals surface area contributed by atoms with Crippen LogP contribution in [0.15, 0.2) is 22.8 Å². The van der Waals surface area contributed by atoms with Crippen LogP contribution in [0.25, 0.3) is 0 Å². The molecule has 0 N–H and O–H groups in total. The molecule has 0 atom stereocenters. The van der Waals surface area contributed by atoms with Gasteiger partial charge in [0.25, 0.3) is 0 Å². The molecule has 3 heteroatoms. The molecule has 0 saturated carbocycles. The van der Waals surface area contributed by atoms with E-state index in [0.29, 0.717) is 0 Å². The predicted octanol–water partition coefficient (Wildman–Crippen LogP) is 2.71. The molecule has 0 bridgehead atoms. The van der Waals surface area contributed by atoms with E-state index in [1.54, 1.807) is 0 Å². The number of hydrogen-bond donors (Lipinski definition) is 1. The average molecular weight is 232 g/mol. The van der Waals surface area contributed by atoms with Gasteiger partial charge in [0.1, 0.15) is 4.60 Å². The van der Waals surface area contributed by atoms with Gasteiger partial charge in [-0.2, -0.15) is 12.6 Å². The Labute approximate surface area is 80.8 Å². The summed E-state index contributed by atoms with van der Waals surface area (Å²) in [5.74, 6) is 0.925. The van der Waals surface area contributed by atoms with Crippen LogP contribution in [-0.4, -0.2) is 10.7 Å². The average Bonchev–Trinajstić information content (AvgIpc) is 2.01. The Balaban J connectivity index is 2.56. The van der Waals surface area contributed by atoms with Crippen molar-refractivity contribution in [2.45, 2.75) is 12.8 Å². The maximum absolute atomic E-state index is 4.29. The highest BCUT2D eigenvalue weighted by molar-refractivity contribution is 9.10. The second kappa shape index (κ2) is 4.78. The third-order valence-corrected chi connectivity index (χ3v) is 2.12. The molecule has 0 unspecified atom stereocenters. The van der Waals surface area contributed by atoms with Crippen LogP contribution in [0.4, 0.5) is 0 Å². The molecule has 0 aliphatic rings. The van der Waals surface area contributed by atoms with Gasteiger partial charge in [0.05, 0.1) is 0 Å². The number of thiol groups is 1. The molecule has 1 aromatic rings. The van der Waals surface area contributed by atoms with Gasteiger partial charge in [-0.15, -0.1) is 0 Å². The number of aromatic nitrogens is 1. The first-order valence-corrected chi connectivity index (χ1v) is 4.98. The Morgan fingerprint density at radius 1 is 1.45 bits per heavy atom. The summed E-state index contributed by atoms with van der Waals surface area (Å²) in [4.78, 5) is 4.29. The molecule has 11 heavy (non-hydrogen) atoms. The lowest BCUT2D eigenvalue weighted by Crippen LogP contribution is -1.90. The number of nitrogens with zero attached hydrogens (tertiary/aromatic N) is 1. The molecule has 0 spiro atoms. The van der Waals surface area contributed by atoms with Crippen LogP contribution in [0.2, 0.25) is 0 Å². The lowest BCUT2D eigenvalue weighted by Gasteiger charge is -1.97.